The summed E-state index contributed by atoms with van der Waals surface area (Å²) in [5.41, 5.74) is 2.16. The van der Waals surface area contributed by atoms with E-state index >= 15 is 0 Å². The molecule has 2 aromatic heterocycles. The summed E-state index contributed by atoms with van der Waals surface area (Å²) < 4.78 is 7.26. The highest BCUT2D eigenvalue weighted by molar-refractivity contribution is 5.75. The molecule has 0 bridgehead atoms. The minimum absolute atomic E-state index is 0.553. The molecule has 0 atom stereocenters. The summed E-state index contributed by atoms with van der Waals surface area (Å²) in [6, 6.07) is 9.85. The van der Waals surface area contributed by atoms with Gasteiger partial charge in [-0.25, -0.2) is 9.97 Å². The molecule has 0 spiro atoms. The molecular formula is C15H17N5O. The molecule has 0 amide bonds. The molecule has 1 N–H and O–H groups in total. The van der Waals surface area contributed by atoms with Crippen LogP contribution in [0.4, 0.5) is 5.95 Å². The molecule has 21 heavy (non-hydrogen) atoms. The highest BCUT2D eigenvalue weighted by Gasteiger charge is 2.06. The van der Waals surface area contributed by atoms with Gasteiger partial charge in [0.1, 0.15) is 5.82 Å². The summed E-state index contributed by atoms with van der Waals surface area (Å²) in [6.45, 7) is 3.53. The van der Waals surface area contributed by atoms with Gasteiger partial charge in [0.15, 0.2) is 0 Å². The van der Waals surface area contributed by atoms with Crippen LogP contribution < -0.4 is 10.1 Å². The van der Waals surface area contributed by atoms with Gasteiger partial charge in [-0.05, 0) is 19.1 Å². The summed E-state index contributed by atoms with van der Waals surface area (Å²) in [7, 11) is 1.59. The first-order valence-corrected chi connectivity index (χ1v) is 6.80. The topological polar surface area (TPSA) is 64.9 Å². The summed E-state index contributed by atoms with van der Waals surface area (Å²) in [6.07, 6.45) is 1.67. The van der Waals surface area contributed by atoms with Crippen molar-refractivity contribution < 1.29 is 4.74 Å². The normalized spacial score (nSPS) is 10.8. The lowest BCUT2D eigenvalue weighted by Crippen LogP contribution is -2.13. The van der Waals surface area contributed by atoms with Gasteiger partial charge in [0.05, 0.1) is 18.1 Å². The van der Waals surface area contributed by atoms with Crippen LogP contribution in [-0.2, 0) is 6.54 Å². The van der Waals surface area contributed by atoms with Crippen LogP contribution in [0.1, 0.15) is 5.82 Å². The van der Waals surface area contributed by atoms with Gasteiger partial charge < -0.3 is 14.6 Å². The third-order valence-electron chi connectivity index (χ3n) is 3.30. The molecule has 3 aromatic rings. The Morgan fingerprint density at radius 3 is 2.90 bits per heavy atom. The Balaban J connectivity index is 1.70. The molecule has 108 valence electrons. The first kappa shape index (κ1) is 13.4. The summed E-state index contributed by atoms with van der Waals surface area (Å²) >= 11 is 0. The Hall–Kier alpha value is -2.63. The zero-order valence-electron chi connectivity index (χ0n) is 12.1. The summed E-state index contributed by atoms with van der Waals surface area (Å²) in [5.74, 6) is 2.12. The fourth-order valence-corrected chi connectivity index (χ4v) is 2.30. The largest absolute Gasteiger partial charge is 0.481 e. The second-order valence-electron chi connectivity index (χ2n) is 4.65. The Labute approximate surface area is 122 Å². The molecule has 0 unspecified atom stereocenters. The highest BCUT2D eigenvalue weighted by atomic mass is 16.5. The van der Waals surface area contributed by atoms with E-state index in [4.69, 9.17) is 4.74 Å². The second-order valence-corrected chi connectivity index (χ2v) is 4.65. The Morgan fingerprint density at radius 2 is 2.05 bits per heavy atom. The molecule has 3 rings (SSSR count). The van der Waals surface area contributed by atoms with Crippen LogP contribution in [0.5, 0.6) is 5.88 Å². The maximum absolute atomic E-state index is 5.08. The van der Waals surface area contributed by atoms with E-state index in [2.05, 4.69) is 30.9 Å². The number of benzene rings is 1. The number of para-hydroxylation sites is 2. The first-order valence-electron chi connectivity index (χ1n) is 6.80. The van der Waals surface area contributed by atoms with Crippen LogP contribution in [0.15, 0.2) is 36.5 Å². The van der Waals surface area contributed by atoms with Gasteiger partial charge in [0, 0.05) is 25.4 Å². The highest BCUT2D eigenvalue weighted by Crippen LogP contribution is 2.15. The van der Waals surface area contributed by atoms with Gasteiger partial charge in [-0.1, -0.05) is 12.1 Å². The number of nitrogens with zero attached hydrogens (tertiary/aromatic N) is 4. The summed E-state index contributed by atoms with van der Waals surface area (Å²) in [4.78, 5) is 12.9. The van der Waals surface area contributed by atoms with Crippen LogP contribution in [0, 0.1) is 6.92 Å². The number of nitrogens with one attached hydrogen (secondary N) is 1. The van der Waals surface area contributed by atoms with Crippen molar-refractivity contribution in [1.29, 1.82) is 0 Å². The monoisotopic (exact) mass is 283 g/mol. The standard InChI is InChI=1S/C15H17N5O/c1-11-18-12-5-3-4-6-13(12)20(11)10-9-17-15-16-8-7-14(19-15)21-2/h3-8H,9-10H2,1-2H3,(H,16,17,19). The van der Waals surface area contributed by atoms with Crippen molar-refractivity contribution in [2.45, 2.75) is 13.5 Å². The predicted molar refractivity (Wildman–Crippen MR) is 81.5 cm³/mol. The predicted octanol–water partition coefficient (Wildman–Crippen LogP) is 2.26. The number of imidazole rings is 1. The van der Waals surface area contributed by atoms with Crippen molar-refractivity contribution in [3.8, 4) is 5.88 Å². The third-order valence-corrected chi connectivity index (χ3v) is 3.30. The molecule has 6 nitrogen and oxygen atoms in total. The third kappa shape index (κ3) is 2.79. The minimum atomic E-state index is 0.553. The molecule has 0 fully saturated rings. The van der Waals surface area contributed by atoms with Crippen molar-refractivity contribution in [3.63, 3.8) is 0 Å². The zero-order valence-corrected chi connectivity index (χ0v) is 12.1. The zero-order chi connectivity index (χ0) is 14.7. The maximum atomic E-state index is 5.08. The van der Waals surface area contributed by atoms with Crippen LogP contribution in [0.3, 0.4) is 0 Å². The molecule has 6 heteroatoms. The quantitative estimate of drug-likeness (QED) is 0.778. The molecule has 0 aliphatic heterocycles. The molecular weight excluding hydrogens is 266 g/mol. The van der Waals surface area contributed by atoms with Crippen LogP contribution in [0.2, 0.25) is 0 Å². The first-order chi connectivity index (χ1) is 10.3. The van der Waals surface area contributed by atoms with Gasteiger partial charge in [-0.15, -0.1) is 0 Å². The van der Waals surface area contributed by atoms with E-state index in [0.717, 1.165) is 23.4 Å². The number of aromatic nitrogens is 4. The number of fused-ring (bicyclic) bond motifs is 1. The van der Waals surface area contributed by atoms with Crippen molar-refractivity contribution >= 4 is 17.0 Å². The lowest BCUT2D eigenvalue weighted by molar-refractivity contribution is 0.397. The Morgan fingerprint density at radius 1 is 1.19 bits per heavy atom. The van der Waals surface area contributed by atoms with E-state index in [1.807, 2.05) is 25.1 Å². The lowest BCUT2D eigenvalue weighted by atomic mass is 10.3. The SMILES string of the molecule is COc1ccnc(NCCn2c(C)nc3ccccc32)n1. The Bertz CT molecular complexity index is 753. The number of hydrogen-bond acceptors (Lipinski definition) is 5. The number of anilines is 1. The van der Waals surface area contributed by atoms with Crippen LogP contribution in [-0.4, -0.2) is 33.2 Å². The van der Waals surface area contributed by atoms with E-state index in [9.17, 15) is 0 Å². The van der Waals surface area contributed by atoms with Gasteiger partial charge in [0.25, 0.3) is 0 Å². The van der Waals surface area contributed by atoms with Gasteiger partial charge in [-0.3, -0.25) is 0 Å². The fourth-order valence-electron chi connectivity index (χ4n) is 2.30. The molecule has 2 heterocycles. The van der Waals surface area contributed by atoms with Gasteiger partial charge in [-0.2, -0.15) is 4.98 Å². The number of hydrogen-bond donors (Lipinski definition) is 1. The minimum Gasteiger partial charge on any atom is -0.481 e. The van der Waals surface area contributed by atoms with Crippen molar-refractivity contribution in [2.24, 2.45) is 0 Å². The second kappa shape index (κ2) is 5.78. The smallest absolute Gasteiger partial charge is 0.226 e. The van der Waals surface area contributed by atoms with E-state index in [1.54, 1.807) is 19.4 Å². The van der Waals surface area contributed by atoms with E-state index < -0.39 is 0 Å². The number of rotatable bonds is 5. The average Bonchev–Trinajstić information content (AvgIpc) is 2.83. The van der Waals surface area contributed by atoms with Gasteiger partial charge >= 0.3 is 0 Å². The van der Waals surface area contributed by atoms with E-state index in [1.165, 1.54) is 0 Å². The molecule has 0 radical (unpaired) electrons. The number of ether oxygens (including phenoxy) is 1. The molecule has 0 aliphatic rings. The fraction of sp³-hybridized carbons (Fsp3) is 0.267. The van der Waals surface area contributed by atoms with Crippen molar-refractivity contribution in [3.05, 3.63) is 42.4 Å². The van der Waals surface area contributed by atoms with E-state index in [-0.39, 0.29) is 0 Å². The number of methoxy groups -OCH3 is 1. The molecule has 0 saturated carbocycles. The molecule has 0 aliphatic carbocycles. The summed E-state index contributed by atoms with van der Waals surface area (Å²) in [5, 5.41) is 3.20. The van der Waals surface area contributed by atoms with Crippen molar-refractivity contribution in [2.75, 3.05) is 19.0 Å². The van der Waals surface area contributed by atoms with E-state index in [0.29, 0.717) is 18.4 Å². The van der Waals surface area contributed by atoms with Crippen LogP contribution >= 0.6 is 0 Å². The maximum Gasteiger partial charge on any atom is 0.226 e. The van der Waals surface area contributed by atoms with Crippen LogP contribution in [0.25, 0.3) is 11.0 Å². The lowest BCUT2D eigenvalue weighted by Gasteiger charge is -2.09. The number of aryl methyl sites for hydroxylation is 1. The molecule has 0 saturated heterocycles. The molecule has 1 aromatic carbocycles. The van der Waals surface area contributed by atoms with Gasteiger partial charge in [0.2, 0.25) is 11.8 Å². The Kier molecular flexibility index (Phi) is 3.68. The average molecular weight is 283 g/mol. The van der Waals surface area contributed by atoms with Crippen molar-refractivity contribution in [1.82, 2.24) is 19.5 Å².